The highest BCUT2D eigenvalue weighted by Crippen LogP contribution is 2.39. The molecule has 9 saturated carbocycles. The highest BCUT2D eigenvalue weighted by Gasteiger charge is 2.30. The van der Waals surface area contributed by atoms with Crippen molar-refractivity contribution in [3.05, 3.63) is 0 Å². The number of amides is 2. The molecular weight excluding hydrogens is 1000 g/mol. The molecule has 9 aliphatic rings. The fourth-order valence-electron chi connectivity index (χ4n) is 12.6. The predicted octanol–water partition coefficient (Wildman–Crippen LogP) is 15.1. The van der Waals surface area contributed by atoms with Crippen molar-refractivity contribution in [1.29, 1.82) is 15.8 Å². The van der Waals surface area contributed by atoms with Gasteiger partial charge in [0, 0.05) is 52.2 Å². The van der Waals surface area contributed by atoms with E-state index in [9.17, 15) is 14.4 Å². The summed E-state index contributed by atoms with van der Waals surface area (Å²) in [5, 5.41) is 37.0. The molecule has 0 radical (unpaired) electrons. The van der Waals surface area contributed by atoms with Gasteiger partial charge in [0.1, 0.15) is 0 Å². The van der Waals surface area contributed by atoms with Crippen LogP contribution < -0.4 is 32.7 Å². The Labute approximate surface area is 491 Å². The molecule has 0 unspecified atom stereocenters. The Morgan fingerprint density at radius 3 is 1.03 bits per heavy atom. The zero-order valence-electron chi connectivity index (χ0n) is 52.7. The van der Waals surface area contributed by atoms with Crippen molar-refractivity contribution >= 4 is 28.7 Å². The quantitative estimate of drug-likeness (QED) is 0.114. The molecule has 13 heteroatoms. The van der Waals surface area contributed by atoms with E-state index in [4.69, 9.17) is 27.3 Å². The summed E-state index contributed by atoms with van der Waals surface area (Å²) in [5.41, 5.74) is 12.6. The summed E-state index contributed by atoms with van der Waals surface area (Å²) in [4.78, 5) is 30.3. The van der Waals surface area contributed by atoms with Gasteiger partial charge in [0.25, 0.3) is 0 Å². The monoisotopic (exact) mass is 1130 g/mol. The van der Waals surface area contributed by atoms with Gasteiger partial charge in [-0.05, 0) is 202 Å². The number of nitrogens with zero attached hydrogens (tertiary/aromatic N) is 3. The lowest BCUT2D eigenvalue weighted by molar-refractivity contribution is -0.120. The molecule has 0 atom stereocenters. The first-order chi connectivity index (χ1) is 37.7. The van der Waals surface area contributed by atoms with E-state index in [0.29, 0.717) is 28.1 Å². The zero-order chi connectivity index (χ0) is 59.3. The van der Waals surface area contributed by atoms with Crippen molar-refractivity contribution in [1.82, 2.24) is 21.3 Å². The first-order valence-corrected chi connectivity index (χ1v) is 32.6. The van der Waals surface area contributed by atoms with Crippen molar-refractivity contribution in [2.24, 2.45) is 62.7 Å². The van der Waals surface area contributed by atoms with Gasteiger partial charge >= 0.3 is 0 Å². The van der Waals surface area contributed by atoms with E-state index in [-0.39, 0.29) is 22.5 Å². The molecule has 8 N–H and O–H groups in total. The second kappa shape index (κ2) is 46.7. The van der Waals surface area contributed by atoms with Crippen LogP contribution >= 0.6 is 11.6 Å². The Bertz CT molecular complexity index is 1610. The van der Waals surface area contributed by atoms with Gasteiger partial charge in [-0.25, -0.2) is 0 Å². The van der Waals surface area contributed by atoms with Crippen LogP contribution in [-0.4, -0.2) is 70.4 Å². The van der Waals surface area contributed by atoms with Crippen molar-refractivity contribution in [2.45, 2.75) is 280 Å². The van der Waals surface area contributed by atoms with E-state index in [1.54, 1.807) is 13.8 Å². The average Bonchev–Trinajstić information content (AvgIpc) is 4.26. The molecule has 12 nitrogen and oxygen atoms in total. The molecular formula is C66H124ClN9O3. The molecule has 9 aliphatic carbocycles. The van der Waals surface area contributed by atoms with Gasteiger partial charge in [-0.1, -0.05) is 136 Å². The number of hydrogen-bond acceptors (Lipinski definition) is 10. The molecule has 0 heterocycles. The summed E-state index contributed by atoms with van der Waals surface area (Å²) < 4.78 is 0. The molecule has 0 aromatic carbocycles. The highest BCUT2D eigenvalue weighted by atomic mass is 35.5. The summed E-state index contributed by atoms with van der Waals surface area (Å²) in [6, 6.07) is 6.87. The summed E-state index contributed by atoms with van der Waals surface area (Å²) in [6.45, 7) is 19.4. The van der Waals surface area contributed by atoms with Crippen molar-refractivity contribution < 1.29 is 14.4 Å². The minimum absolute atomic E-state index is 0.0417. The molecule has 0 aliphatic heterocycles. The molecule has 0 spiro atoms. The summed E-state index contributed by atoms with van der Waals surface area (Å²) in [7, 11) is 4.09. The highest BCUT2D eigenvalue weighted by molar-refractivity contribution is 6.62. The maximum absolute atomic E-state index is 10.6. The molecule has 0 saturated heterocycles. The van der Waals surface area contributed by atoms with Crippen LogP contribution in [0.25, 0.3) is 0 Å². The lowest BCUT2D eigenvalue weighted by Crippen LogP contribution is -2.32. The van der Waals surface area contributed by atoms with Crippen LogP contribution in [0.5, 0.6) is 0 Å². The average molecular weight is 1130 g/mol. The van der Waals surface area contributed by atoms with Gasteiger partial charge < -0.3 is 32.7 Å². The van der Waals surface area contributed by atoms with Crippen LogP contribution in [-0.2, 0) is 14.4 Å². The first kappa shape index (κ1) is 76.2. The van der Waals surface area contributed by atoms with Crippen LogP contribution in [0.15, 0.2) is 0 Å². The Morgan fingerprint density at radius 1 is 0.456 bits per heavy atom. The van der Waals surface area contributed by atoms with Gasteiger partial charge in [0.15, 0.2) is 0 Å². The van der Waals surface area contributed by atoms with Crippen LogP contribution in [0.2, 0.25) is 0 Å². The summed E-state index contributed by atoms with van der Waals surface area (Å²) >= 11 is 4.64. The molecule has 2 amide bonds. The molecule has 79 heavy (non-hydrogen) atoms. The van der Waals surface area contributed by atoms with E-state index < -0.39 is 0 Å². The van der Waals surface area contributed by atoms with E-state index >= 15 is 0 Å². The number of halogens is 1. The van der Waals surface area contributed by atoms with Crippen LogP contribution in [0, 0.1) is 85.2 Å². The molecule has 0 bridgehead atoms. The van der Waals surface area contributed by atoms with Gasteiger partial charge in [-0.2, -0.15) is 15.8 Å². The lowest BCUT2D eigenvalue weighted by Gasteiger charge is -2.22. The fraction of sp³-hybridized carbons (Fsp3) is 0.909. The Balaban J connectivity index is 0.000000862. The fourth-order valence-corrected chi connectivity index (χ4v) is 12.6. The number of nitrogens with one attached hydrogen (secondary N) is 4. The van der Waals surface area contributed by atoms with Crippen molar-refractivity contribution in [3.8, 4) is 18.2 Å². The van der Waals surface area contributed by atoms with Crippen molar-refractivity contribution in [2.75, 3.05) is 53.4 Å². The number of nitriles is 3. The smallest absolute Gasteiger partial charge is 0.218 e. The molecule has 458 valence electrons. The second-order valence-corrected chi connectivity index (χ2v) is 27.0. The minimum atomic E-state index is -0.361. The molecule has 0 aromatic rings. The number of carbonyl (C=O) groups excluding carboxylic acids is 3. The second-order valence-electron chi connectivity index (χ2n) is 26.5. The first-order valence-electron chi connectivity index (χ1n) is 32.2. The van der Waals surface area contributed by atoms with E-state index in [2.05, 4.69) is 78.8 Å². The Kier molecular flexibility index (Phi) is 45.0. The number of nitrogens with two attached hydrogens (primary N) is 2. The normalized spacial score (nSPS) is 22.0. The number of hydrogen-bond donors (Lipinski definition) is 6. The van der Waals surface area contributed by atoms with Crippen LogP contribution in [0.4, 0.5) is 0 Å². The molecule has 9 rings (SSSR count). The van der Waals surface area contributed by atoms with Gasteiger partial charge in [-0.15, -0.1) is 0 Å². The third-order valence-electron chi connectivity index (χ3n) is 18.2. The Hall–Kier alpha value is -2.79. The Morgan fingerprint density at radius 2 is 0.772 bits per heavy atom. The van der Waals surface area contributed by atoms with Gasteiger partial charge in [0.05, 0.1) is 23.6 Å². The topological polar surface area (TPSA) is 223 Å². The number of rotatable bonds is 10. The SMILES string of the molecule is CC(=O)Cl.CC(=O)NCC1(C)CCCC1.CC(=O)NCC1CCCC1.CC1(C#N)CCCC1.CC1(CN)CCCC1.CNCC1(C)CCCC1.CNCC1CCCC1.N#CC1CCCC1.N#CC1CCCC1.NCC1CCCC1. The van der Waals surface area contributed by atoms with Gasteiger partial charge in [-0.3, -0.25) is 14.4 Å². The largest absolute Gasteiger partial charge is 0.356 e. The third kappa shape index (κ3) is 41.8. The maximum atomic E-state index is 10.6. The minimum Gasteiger partial charge on any atom is -0.356 e. The van der Waals surface area contributed by atoms with Crippen LogP contribution in [0.1, 0.15) is 280 Å². The lowest BCUT2D eigenvalue weighted by atomic mass is 9.89. The molecule has 0 aromatic heterocycles. The van der Waals surface area contributed by atoms with E-state index in [1.165, 1.54) is 213 Å². The van der Waals surface area contributed by atoms with E-state index in [0.717, 1.165) is 82.5 Å². The van der Waals surface area contributed by atoms with E-state index in [1.807, 2.05) is 14.1 Å². The standard InChI is InChI=1S/C9H17NO.C8H15NO.C8H17N.2C7H15N.C7H11N.C6H13N.2C6H9N.C2H3ClO/c1-8(11)10-7-9(2)5-3-4-6-9;1-7(10)9-6-8-4-2-3-5-8;1-8(7-9-2)5-3-4-6-8;1-8-6-7-4-2-3-5-7;2*1-7(6-8)4-2-3-5-7;3*7-5-6-3-1-2-4-6;1-2(3)4/h3-7H2,1-2H3,(H,10,11);8H,2-6H2,1H3,(H,9,10);9H,3-7H2,1-2H3;7-8H,2-6H2,1H3;2-6,8H2,1H3;2-5H2,1H3;6H,1-5,7H2;2*6H,1-4H2;1H3. The predicted molar refractivity (Wildman–Crippen MR) is 333 cm³/mol. The number of carbonyl (C=O) groups is 3. The third-order valence-corrected chi connectivity index (χ3v) is 18.2. The summed E-state index contributed by atoms with van der Waals surface area (Å²) in [5.74, 6) is 3.65. The maximum Gasteiger partial charge on any atom is 0.218 e. The molecule has 9 fully saturated rings. The van der Waals surface area contributed by atoms with Gasteiger partial charge in [0.2, 0.25) is 17.1 Å². The zero-order valence-corrected chi connectivity index (χ0v) is 53.4. The van der Waals surface area contributed by atoms with Crippen LogP contribution in [0.3, 0.4) is 0 Å². The summed E-state index contributed by atoms with van der Waals surface area (Å²) in [6.07, 6.45) is 47.6. The van der Waals surface area contributed by atoms with Crippen molar-refractivity contribution in [3.63, 3.8) is 0 Å².